The first-order valence-corrected chi connectivity index (χ1v) is 19.2. The lowest BCUT2D eigenvalue weighted by atomic mass is 10.0. The number of rotatable bonds is 14. The summed E-state index contributed by atoms with van der Waals surface area (Å²) in [7, 11) is 3.16. The zero-order chi connectivity index (χ0) is 40.8. The molecule has 0 fully saturated rings. The monoisotopic (exact) mass is 796 g/mol. The Morgan fingerprint density at radius 2 is 1.11 bits per heavy atom. The number of allylic oxidation sites excluding steroid dienone is 1. The van der Waals surface area contributed by atoms with Crippen molar-refractivity contribution in [3.8, 4) is 23.0 Å². The highest BCUT2D eigenvalue weighted by atomic mass is 31.2. The molecule has 5 aromatic carbocycles. The van der Waals surface area contributed by atoms with Gasteiger partial charge in [-0.1, -0.05) is 49.0 Å². The van der Waals surface area contributed by atoms with Crippen LogP contribution >= 0.6 is 7.05 Å². The average molecular weight is 797 g/mol. The molecule has 0 amide bonds. The van der Waals surface area contributed by atoms with Crippen LogP contribution in [0.25, 0.3) is 0 Å². The van der Waals surface area contributed by atoms with Crippen molar-refractivity contribution in [3.05, 3.63) is 149 Å². The van der Waals surface area contributed by atoms with E-state index in [-0.39, 0.29) is 30.3 Å². The van der Waals surface area contributed by atoms with Gasteiger partial charge in [-0.25, -0.2) is 0 Å². The summed E-state index contributed by atoms with van der Waals surface area (Å²) in [6, 6.07) is 27.7. The van der Waals surface area contributed by atoms with Gasteiger partial charge < -0.3 is 24.3 Å². The predicted molar refractivity (Wildman–Crippen MR) is 210 cm³/mol. The fourth-order valence-electron chi connectivity index (χ4n) is 6.46. The van der Waals surface area contributed by atoms with Crippen LogP contribution in [-0.4, -0.2) is 35.0 Å². The fourth-order valence-corrected chi connectivity index (χ4v) is 10.1. The van der Waals surface area contributed by atoms with Crippen molar-refractivity contribution in [1.29, 1.82) is 0 Å². The number of hydrogen-bond acceptors (Lipinski definition) is 6. The maximum Gasteiger partial charge on any atom is 0.416 e. The maximum atomic E-state index is 13.7. The van der Waals surface area contributed by atoms with Gasteiger partial charge in [-0.2, -0.15) is 26.3 Å². The zero-order valence-corrected chi connectivity index (χ0v) is 32.7. The normalized spacial score (nSPS) is 12.4. The van der Waals surface area contributed by atoms with Crippen LogP contribution in [0.1, 0.15) is 39.4 Å². The molecular formula is C43H43F6N2O4P. The van der Waals surface area contributed by atoms with Crippen LogP contribution in [0.15, 0.2) is 120 Å². The maximum absolute atomic E-state index is 13.7. The quantitative estimate of drug-likeness (QED) is 0.0896. The van der Waals surface area contributed by atoms with E-state index in [1.807, 2.05) is 92.7 Å². The Morgan fingerprint density at radius 3 is 1.57 bits per heavy atom. The van der Waals surface area contributed by atoms with Gasteiger partial charge in [0.05, 0.1) is 59.2 Å². The van der Waals surface area contributed by atoms with E-state index in [1.165, 1.54) is 0 Å². The van der Waals surface area contributed by atoms with Crippen LogP contribution in [0, 0.1) is 13.8 Å². The lowest BCUT2D eigenvalue weighted by Gasteiger charge is -2.30. The molecule has 56 heavy (non-hydrogen) atoms. The molecule has 0 radical (unpaired) electrons. The van der Waals surface area contributed by atoms with E-state index >= 15 is 0 Å². The first-order chi connectivity index (χ1) is 26.5. The summed E-state index contributed by atoms with van der Waals surface area (Å²) in [5.41, 5.74) is 0.114. The van der Waals surface area contributed by atoms with Gasteiger partial charge in [0, 0.05) is 28.0 Å². The number of ether oxygens (including phenoxy) is 4. The molecule has 0 spiro atoms. The van der Waals surface area contributed by atoms with Crippen LogP contribution in [0.5, 0.6) is 23.0 Å². The summed E-state index contributed by atoms with van der Waals surface area (Å²) in [6.07, 6.45) is -10.3. The largest absolute Gasteiger partial charge is 0.493 e. The Bertz CT molecular complexity index is 2150. The van der Waals surface area contributed by atoms with E-state index in [4.69, 9.17) is 23.7 Å². The van der Waals surface area contributed by atoms with Crippen molar-refractivity contribution in [2.75, 3.05) is 35.0 Å². The minimum absolute atomic E-state index is 0.100. The second-order valence-corrected chi connectivity index (χ2v) is 16.2. The molecule has 0 unspecified atom stereocenters. The molecule has 0 bridgehead atoms. The highest BCUT2D eigenvalue weighted by Crippen LogP contribution is 2.50. The number of aryl methyl sites for hydroxylation is 2. The molecule has 13 heteroatoms. The Balaban J connectivity index is 1.72. The van der Waals surface area contributed by atoms with Gasteiger partial charge in [0.15, 0.2) is 23.0 Å². The van der Waals surface area contributed by atoms with E-state index in [9.17, 15) is 26.3 Å². The summed E-state index contributed by atoms with van der Waals surface area (Å²) < 4.78 is 111. The number of nitrogens with zero attached hydrogens (tertiary/aromatic N) is 1. The SMILES string of the molecule is C=C(Cc1cc(C(F)(F)F)cc(C(F)(F)F)c1)N[C@@H](CN=P(c1ccc(C)c(C)c1)(c1ccc(OC)c(OC)c1)c1ccc(OC)c(OC)c1)c1ccccc1. The van der Waals surface area contributed by atoms with Gasteiger partial charge in [-0.15, -0.1) is 0 Å². The molecule has 0 aromatic heterocycles. The fraction of sp³-hybridized carbons (Fsp3) is 0.256. The second kappa shape index (κ2) is 17.2. The van der Waals surface area contributed by atoms with Gasteiger partial charge in [-0.05, 0) is 96.8 Å². The van der Waals surface area contributed by atoms with E-state index in [0.717, 1.165) is 32.6 Å². The molecule has 1 N–H and O–H groups in total. The highest BCUT2D eigenvalue weighted by molar-refractivity contribution is 7.87. The Hall–Kier alpha value is -5.35. The molecule has 6 nitrogen and oxygen atoms in total. The highest BCUT2D eigenvalue weighted by Gasteiger charge is 2.37. The molecule has 0 aliphatic heterocycles. The minimum Gasteiger partial charge on any atom is -0.493 e. The van der Waals surface area contributed by atoms with Crippen LogP contribution in [-0.2, 0) is 18.8 Å². The second-order valence-electron chi connectivity index (χ2n) is 13.1. The predicted octanol–water partition coefficient (Wildman–Crippen LogP) is 9.94. The lowest BCUT2D eigenvalue weighted by Crippen LogP contribution is -2.29. The smallest absolute Gasteiger partial charge is 0.416 e. The molecule has 0 heterocycles. The third kappa shape index (κ3) is 9.19. The van der Waals surface area contributed by atoms with E-state index in [0.29, 0.717) is 35.1 Å². The van der Waals surface area contributed by atoms with Crippen molar-refractivity contribution in [2.45, 2.75) is 38.7 Å². The number of nitrogens with one attached hydrogen (secondary N) is 1. The summed E-state index contributed by atoms with van der Waals surface area (Å²) in [6.45, 7) is 8.20. The lowest BCUT2D eigenvalue weighted by molar-refractivity contribution is -0.143. The topological polar surface area (TPSA) is 61.3 Å². The van der Waals surface area contributed by atoms with Gasteiger partial charge in [0.25, 0.3) is 0 Å². The Labute approximate surface area is 323 Å². The molecule has 0 aliphatic carbocycles. The van der Waals surface area contributed by atoms with Gasteiger partial charge in [0.1, 0.15) is 0 Å². The Kier molecular flexibility index (Phi) is 12.8. The van der Waals surface area contributed by atoms with Gasteiger partial charge in [-0.3, -0.25) is 4.74 Å². The molecule has 0 aliphatic rings. The molecule has 5 aromatic rings. The summed E-state index contributed by atoms with van der Waals surface area (Å²) in [4.78, 5) is 0. The number of halogens is 6. The van der Waals surface area contributed by atoms with Crippen LogP contribution < -0.4 is 40.2 Å². The molecule has 1 atom stereocenters. The number of alkyl halides is 6. The van der Waals surface area contributed by atoms with Crippen LogP contribution in [0.3, 0.4) is 0 Å². The minimum atomic E-state index is -4.98. The van der Waals surface area contributed by atoms with E-state index in [1.54, 1.807) is 28.4 Å². The summed E-state index contributed by atoms with van der Waals surface area (Å²) in [5, 5.41) is 5.86. The molecule has 0 saturated carbocycles. The molecular weight excluding hydrogens is 753 g/mol. The summed E-state index contributed by atoms with van der Waals surface area (Å²) in [5.74, 6) is 2.01. The van der Waals surface area contributed by atoms with E-state index < -0.39 is 36.6 Å². The third-order valence-electron chi connectivity index (χ3n) is 9.47. The van der Waals surface area contributed by atoms with Crippen molar-refractivity contribution < 1.29 is 45.3 Å². The van der Waals surface area contributed by atoms with Crippen LogP contribution in [0.4, 0.5) is 26.3 Å². The van der Waals surface area contributed by atoms with Gasteiger partial charge in [0.2, 0.25) is 0 Å². The molecule has 5 rings (SSSR count). The van der Waals surface area contributed by atoms with E-state index in [2.05, 4.69) is 18.0 Å². The first-order valence-electron chi connectivity index (χ1n) is 17.4. The molecule has 296 valence electrons. The number of methoxy groups -OCH3 is 4. The average Bonchev–Trinajstić information content (AvgIpc) is 3.18. The first kappa shape index (κ1) is 41.8. The molecule has 0 saturated heterocycles. The van der Waals surface area contributed by atoms with Crippen LogP contribution in [0.2, 0.25) is 0 Å². The Morgan fingerprint density at radius 1 is 0.625 bits per heavy atom. The van der Waals surface area contributed by atoms with Crippen molar-refractivity contribution in [2.24, 2.45) is 4.74 Å². The zero-order valence-electron chi connectivity index (χ0n) is 31.8. The third-order valence-corrected chi connectivity index (χ3v) is 13.1. The number of benzene rings is 5. The van der Waals surface area contributed by atoms with Gasteiger partial charge >= 0.3 is 12.4 Å². The van der Waals surface area contributed by atoms with Crippen molar-refractivity contribution in [1.82, 2.24) is 5.32 Å². The standard InChI is InChI=1S/C43H43F6N2O4P/c1-27-13-14-34(19-28(27)2)56(35-15-17-38(52-4)40(24-35)54-6,36-16-18-39(53-5)41(25-36)55-7)50-26-37(31-11-9-8-10-12-31)51-29(3)20-30-21-32(42(44,45)46)23-33(22-30)43(47,48)49/h8-19,21-25,37,51H,3,20,26H2,1-2,4-7H3/t37-/m0/s1. The van der Waals surface area contributed by atoms with Crippen molar-refractivity contribution >= 4 is 23.0 Å². The number of hydrogen-bond donors (Lipinski definition) is 1. The van der Waals surface area contributed by atoms with Crippen molar-refractivity contribution in [3.63, 3.8) is 0 Å². The summed E-state index contributed by atoms with van der Waals surface area (Å²) >= 11 is 0.